The van der Waals surface area contributed by atoms with Crippen molar-refractivity contribution in [2.45, 2.75) is 46.6 Å². The highest BCUT2D eigenvalue weighted by atomic mass is 127. The Labute approximate surface area is 157 Å². The van der Waals surface area contributed by atoms with Crippen LogP contribution in [0.25, 0.3) is 0 Å². The molecular formula is C18H30IN3O. The highest BCUT2D eigenvalue weighted by Crippen LogP contribution is 2.46. The molecule has 1 aromatic rings. The summed E-state index contributed by atoms with van der Waals surface area (Å²) in [4.78, 5) is 7.09. The fourth-order valence-electron chi connectivity index (χ4n) is 2.60. The van der Waals surface area contributed by atoms with Gasteiger partial charge in [0, 0.05) is 30.5 Å². The summed E-state index contributed by atoms with van der Waals surface area (Å²) in [5.74, 6) is 1.97. The second-order valence-corrected chi connectivity index (χ2v) is 7.38. The minimum absolute atomic E-state index is 0. The molecule has 1 N–H and O–H groups in total. The number of hydrogen-bond acceptors (Lipinski definition) is 2. The van der Waals surface area contributed by atoms with E-state index >= 15 is 0 Å². The minimum atomic E-state index is 0. The van der Waals surface area contributed by atoms with E-state index < -0.39 is 0 Å². The zero-order valence-corrected chi connectivity index (χ0v) is 17.3. The molecule has 130 valence electrons. The lowest BCUT2D eigenvalue weighted by Gasteiger charge is -2.62. The van der Waals surface area contributed by atoms with Crippen LogP contribution in [0.15, 0.2) is 40.0 Å². The topological polar surface area (TPSA) is 40.8 Å². The fraction of sp³-hybridized carbons (Fsp3) is 0.611. The Morgan fingerprint density at radius 2 is 2.09 bits per heavy atom. The number of rotatable bonds is 5. The highest BCUT2D eigenvalue weighted by molar-refractivity contribution is 14.0. The summed E-state index contributed by atoms with van der Waals surface area (Å²) >= 11 is 0. The van der Waals surface area contributed by atoms with Crippen LogP contribution >= 0.6 is 24.0 Å². The third-order valence-corrected chi connectivity index (χ3v) is 4.87. The van der Waals surface area contributed by atoms with Crippen LogP contribution in [0.1, 0.15) is 40.4 Å². The average molecular weight is 431 g/mol. The molecule has 2 heterocycles. The van der Waals surface area contributed by atoms with Crippen molar-refractivity contribution in [3.63, 3.8) is 0 Å². The lowest BCUT2D eigenvalue weighted by atomic mass is 9.65. The summed E-state index contributed by atoms with van der Waals surface area (Å²) in [6.45, 7) is 17.6. The normalized spacial score (nSPS) is 18.8. The number of hydrogen-bond donors (Lipinski definition) is 1. The van der Waals surface area contributed by atoms with Gasteiger partial charge in [0.15, 0.2) is 5.96 Å². The smallest absolute Gasteiger partial charge is 0.194 e. The Morgan fingerprint density at radius 1 is 1.39 bits per heavy atom. The molecule has 23 heavy (non-hydrogen) atoms. The zero-order chi connectivity index (χ0) is 16.4. The minimum Gasteiger partial charge on any atom is -0.469 e. The van der Waals surface area contributed by atoms with Gasteiger partial charge in [-0.15, -0.1) is 24.0 Å². The predicted octanol–water partition coefficient (Wildman–Crippen LogP) is 4.08. The Hall–Kier alpha value is -0.980. The molecule has 0 aromatic carbocycles. The van der Waals surface area contributed by atoms with E-state index in [2.05, 4.69) is 44.5 Å². The van der Waals surface area contributed by atoms with Crippen LogP contribution in [0.2, 0.25) is 0 Å². The summed E-state index contributed by atoms with van der Waals surface area (Å²) in [5, 5.41) is 3.48. The molecule has 0 radical (unpaired) electrons. The van der Waals surface area contributed by atoms with Crippen molar-refractivity contribution in [1.29, 1.82) is 0 Å². The van der Waals surface area contributed by atoms with Gasteiger partial charge < -0.3 is 14.6 Å². The predicted molar refractivity (Wildman–Crippen MR) is 108 cm³/mol. The second kappa shape index (κ2) is 7.73. The fourth-order valence-corrected chi connectivity index (χ4v) is 2.60. The molecule has 4 nitrogen and oxygen atoms in total. The van der Waals surface area contributed by atoms with Gasteiger partial charge in [0.2, 0.25) is 0 Å². The van der Waals surface area contributed by atoms with Crippen LogP contribution in [-0.2, 0) is 6.42 Å². The molecule has 2 rings (SSSR count). The lowest BCUT2D eigenvalue weighted by molar-refractivity contribution is -0.0667. The average Bonchev–Trinajstić information content (AvgIpc) is 2.93. The van der Waals surface area contributed by atoms with E-state index in [4.69, 9.17) is 9.41 Å². The first-order chi connectivity index (χ1) is 10.2. The number of likely N-dealkylation sites (tertiary alicyclic amines) is 1. The number of halogens is 1. The van der Waals surface area contributed by atoms with Gasteiger partial charge in [-0.3, -0.25) is 0 Å². The van der Waals surface area contributed by atoms with Crippen molar-refractivity contribution >= 4 is 29.9 Å². The van der Waals surface area contributed by atoms with Gasteiger partial charge in [0.1, 0.15) is 5.76 Å². The van der Waals surface area contributed by atoms with E-state index in [-0.39, 0.29) is 29.5 Å². The van der Waals surface area contributed by atoms with Gasteiger partial charge in [-0.25, -0.2) is 4.99 Å². The Morgan fingerprint density at radius 3 is 2.57 bits per heavy atom. The molecule has 1 saturated heterocycles. The molecule has 0 bridgehead atoms. The molecule has 0 unspecified atom stereocenters. The van der Waals surface area contributed by atoms with Crippen molar-refractivity contribution in [3.8, 4) is 0 Å². The monoisotopic (exact) mass is 431 g/mol. The summed E-state index contributed by atoms with van der Waals surface area (Å²) in [6.07, 6.45) is 2.57. The van der Waals surface area contributed by atoms with Crippen molar-refractivity contribution in [2.24, 2.45) is 10.4 Å². The molecule has 1 aliphatic heterocycles. The SMILES string of the molecule is C=C(C)CN=C(NCCc1ccco1)N1CC(C)(C)C1(C)C.I. The van der Waals surface area contributed by atoms with Gasteiger partial charge in [-0.05, 0) is 32.9 Å². The lowest BCUT2D eigenvalue weighted by Crippen LogP contribution is -2.72. The van der Waals surface area contributed by atoms with E-state index in [1.165, 1.54) is 0 Å². The van der Waals surface area contributed by atoms with Gasteiger partial charge >= 0.3 is 0 Å². The third kappa shape index (κ3) is 4.52. The van der Waals surface area contributed by atoms with Gasteiger partial charge in [-0.2, -0.15) is 0 Å². The van der Waals surface area contributed by atoms with Crippen LogP contribution in [-0.4, -0.2) is 36.0 Å². The molecule has 1 aromatic heterocycles. The Balaban J connectivity index is 0.00000264. The molecule has 0 atom stereocenters. The highest BCUT2D eigenvalue weighted by Gasteiger charge is 2.53. The standard InChI is InChI=1S/C18H29N3O.HI/c1-14(2)12-20-16(19-10-9-15-8-7-11-22-15)21-13-17(3,4)18(21,5)6;/h7-8,11H,1,9-10,12-13H2,2-6H3,(H,19,20);1H. The van der Waals surface area contributed by atoms with Crippen molar-refractivity contribution in [2.75, 3.05) is 19.6 Å². The molecule has 0 spiro atoms. The quantitative estimate of drug-likeness (QED) is 0.331. The maximum absolute atomic E-state index is 5.38. The zero-order valence-electron chi connectivity index (χ0n) is 15.0. The van der Waals surface area contributed by atoms with Gasteiger partial charge in [-0.1, -0.05) is 26.0 Å². The van der Waals surface area contributed by atoms with E-state index in [0.29, 0.717) is 12.0 Å². The van der Waals surface area contributed by atoms with Crippen LogP contribution in [0.5, 0.6) is 0 Å². The summed E-state index contributed by atoms with van der Waals surface area (Å²) in [6, 6.07) is 3.93. The van der Waals surface area contributed by atoms with Crippen molar-refractivity contribution in [1.82, 2.24) is 10.2 Å². The molecule has 0 saturated carbocycles. The van der Waals surface area contributed by atoms with Crippen molar-refractivity contribution < 1.29 is 4.42 Å². The summed E-state index contributed by atoms with van der Waals surface area (Å²) in [5.41, 5.74) is 1.46. The van der Waals surface area contributed by atoms with E-state index in [0.717, 1.165) is 36.8 Å². The Kier molecular flexibility index (Phi) is 6.74. The van der Waals surface area contributed by atoms with Crippen LogP contribution in [0.4, 0.5) is 0 Å². The number of aliphatic imine (C=N–C) groups is 1. The van der Waals surface area contributed by atoms with Crippen LogP contribution in [0, 0.1) is 5.41 Å². The number of guanidine groups is 1. The molecule has 1 fully saturated rings. The number of nitrogens with zero attached hydrogens (tertiary/aromatic N) is 2. The van der Waals surface area contributed by atoms with Crippen LogP contribution in [0.3, 0.4) is 0 Å². The van der Waals surface area contributed by atoms with E-state index in [9.17, 15) is 0 Å². The van der Waals surface area contributed by atoms with Gasteiger partial charge in [0.05, 0.1) is 12.8 Å². The maximum atomic E-state index is 5.38. The molecule has 5 heteroatoms. The number of nitrogens with one attached hydrogen (secondary N) is 1. The van der Waals surface area contributed by atoms with Crippen LogP contribution < -0.4 is 5.32 Å². The molecule has 1 aliphatic rings. The molecular weight excluding hydrogens is 401 g/mol. The summed E-state index contributed by atoms with van der Waals surface area (Å²) in [7, 11) is 0. The summed E-state index contributed by atoms with van der Waals surface area (Å²) < 4.78 is 5.38. The van der Waals surface area contributed by atoms with Gasteiger partial charge in [0.25, 0.3) is 0 Å². The number of furan rings is 1. The molecule has 0 amide bonds. The first-order valence-electron chi connectivity index (χ1n) is 7.97. The second-order valence-electron chi connectivity index (χ2n) is 7.38. The maximum Gasteiger partial charge on any atom is 0.194 e. The first-order valence-corrected chi connectivity index (χ1v) is 7.97. The largest absolute Gasteiger partial charge is 0.469 e. The van der Waals surface area contributed by atoms with E-state index in [1.54, 1.807) is 6.26 Å². The Bertz CT molecular complexity index is 547. The first kappa shape index (κ1) is 20.1. The molecule has 0 aliphatic carbocycles. The van der Waals surface area contributed by atoms with E-state index in [1.807, 2.05) is 19.1 Å². The third-order valence-electron chi connectivity index (χ3n) is 4.87. The van der Waals surface area contributed by atoms with Crippen molar-refractivity contribution in [3.05, 3.63) is 36.3 Å².